The number of nitrogens with one attached hydrogen (secondary N) is 1. The second-order valence-electron chi connectivity index (χ2n) is 6.11. The Labute approximate surface area is 161 Å². The Balaban J connectivity index is 1.59. The van der Waals surface area contributed by atoms with Crippen molar-refractivity contribution in [3.63, 3.8) is 0 Å². The van der Waals surface area contributed by atoms with Gasteiger partial charge < -0.3 is 5.32 Å². The molecule has 3 aromatic heterocycles. The van der Waals surface area contributed by atoms with Gasteiger partial charge in [0, 0.05) is 35.5 Å². The Morgan fingerprint density at radius 2 is 2.26 bits per heavy atom. The van der Waals surface area contributed by atoms with Crippen LogP contribution in [-0.4, -0.2) is 25.7 Å². The number of amides is 1. The summed E-state index contributed by atoms with van der Waals surface area (Å²) in [5.74, 6) is -0.0781. The van der Waals surface area contributed by atoms with Gasteiger partial charge in [0.25, 0.3) is 0 Å². The minimum absolute atomic E-state index is 0.0781. The molecule has 0 bridgehead atoms. The third kappa shape index (κ3) is 4.57. The first-order chi connectivity index (χ1) is 13.1. The lowest BCUT2D eigenvalue weighted by molar-refractivity contribution is -0.116. The fourth-order valence-corrected chi connectivity index (χ4v) is 3.60. The summed E-state index contributed by atoms with van der Waals surface area (Å²) in [6.45, 7) is 4.49. The van der Waals surface area contributed by atoms with Crippen molar-refractivity contribution in [1.29, 1.82) is 5.26 Å². The minimum Gasteiger partial charge on any atom is -0.302 e. The molecule has 3 heterocycles. The predicted molar refractivity (Wildman–Crippen MR) is 104 cm³/mol. The molecule has 0 aliphatic heterocycles. The van der Waals surface area contributed by atoms with Crippen molar-refractivity contribution < 1.29 is 4.79 Å². The molecular formula is C19H20N6OS. The first-order valence-electron chi connectivity index (χ1n) is 8.64. The van der Waals surface area contributed by atoms with E-state index in [9.17, 15) is 4.79 Å². The van der Waals surface area contributed by atoms with Crippen LogP contribution in [0.3, 0.4) is 0 Å². The Kier molecular flexibility index (Phi) is 5.94. The Morgan fingerprint density at radius 3 is 3.00 bits per heavy atom. The fourth-order valence-electron chi connectivity index (χ4n) is 2.87. The molecule has 0 aromatic carbocycles. The van der Waals surface area contributed by atoms with Crippen LogP contribution in [0.5, 0.6) is 0 Å². The average Bonchev–Trinajstić information content (AvgIpc) is 3.24. The molecule has 7 nitrogen and oxygen atoms in total. The maximum absolute atomic E-state index is 12.3. The molecule has 0 atom stereocenters. The number of carbonyl (C=O) groups excluding carboxylic acids is 1. The fraction of sp³-hybridized carbons (Fsp3) is 0.316. The Bertz CT molecular complexity index is 970. The number of nitrogens with zero attached hydrogens (tertiary/aromatic N) is 5. The summed E-state index contributed by atoms with van der Waals surface area (Å²) in [6.07, 6.45) is 4.84. The Morgan fingerprint density at radius 1 is 1.41 bits per heavy atom. The molecule has 27 heavy (non-hydrogen) atoms. The van der Waals surface area contributed by atoms with Gasteiger partial charge in [-0.1, -0.05) is 0 Å². The molecule has 3 rings (SSSR count). The number of hydrogen-bond acceptors (Lipinski definition) is 6. The zero-order valence-electron chi connectivity index (χ0n) is 15.3. The number of carbonyl (C=O) groups is 1. The summed E-state index contributed by atoms with van der Waals surface area (Å²) in [6, 6.07) is 5.92. The normalized spacial score (nSPS) is 10.6. The van der Waals surface area contributed by atoms with E-state index in [1.165, 1.54) is 11.3 Å². The highest BCUT2D eigenvalue weighted by Crippen LogP contribution is 2.24. The van der Waals surface area contributed by atoms with Crippen LogP contribution >= 0.6 is 11.3 Å². The van der Waals surface area contributed by atoms with Crippen molar-refractivity contribution in [2.75, 3.05) is 5.32 Å². The van der Waals surface area contributed by atoms with E-state index in [1.807, 2.05) is 36.0 Å². The van der Waals surface area contributed by atoms with E-state index < -0.39 is 0 Å². The molecule has 0 saturated heterocycles. The van der Waals surface area contributed by atoms with E-state index >= 15 is 0 Å². The van der Waals surface area contributed by atoms with Gasteiger partial charge in [0.15, 0.2) is 5.13 Å². The van der Waals surface area contributed by atoms with Gasteiger partial charge in [-0.2, -0.15) is 10.4 Å². The van der Waals surface area contributed by atoms with Crippen LogP contribution < -0.4 is 5.32 Å². The van der Waals surface area contributed by atoms with Crippen LogP contribution in [0.2, 0.25) is 0 Å². The zero-order chi connectivity index (χ0) is 19.2. The van der Waals surface area contributed by atoms with E-state index in [1.54, 1.807) is 12.4 Å². The standard InChI is InChI=1S/C19H20N6OS/c1-13-16(14(2)25(24-13)10-4-8-20)6-7-18(26)23-19-22-17(12-27-19)15-5-3-9-21-11-15/h3,5,9,11-12H,4,6-7,10H2,1-2H3,(H,22,23,26). The van der Waals surface area contributed by atoms with Crippen LogP contribution in [-0.2, 0) is 17.8 Å². The Hall–Kier alpha value is -3.05. The number of pyridine rings is 1. The quantitative estimate of drug-likeness (QED) is 0.677. The smallest absolute Gasteiger partial charge is 0.226 e. The molecule has 0 saturated carbocycles. The third-order valence-corrected chi connectivity index (χ3v) is 5.03. The minimum atomic E-state index is -0.0781. The lowest BCUT2D eigenvalue weighted by atomic mass is 10.1. The third-order valence-electron chi connectivity index (χ3n) is 4.28. The molecule has 1 N–H and O–H groups in total. The van der Waals surface area contributed by atoms with Gasteiger partial charge in [0.1, 0.15) is 0 Å². The summed E-state index contributed by atoms with van der Waals surface area (Å²) in [5, 5.41) is 18.5. The van der Waals surface area contributed by atoms with E-state index in [0.29, 0.717) is 30.9 Å². The molecule has 8 heteroatoms. The van der Waals surface area contributed by atoms with Crippen molar-refractivity contribution in [2.24, 2.45) is 0 Å². The van der Waals surface area contributed by atoms with Gasteiger partial charge in [-0.25, -0.2) is 4.98 Å². The summed E-state index contributed by atoms with van der Waals surface area (Å²) >= 11 is 1.40. The average molecular weight is 380 g/mol. The van der Waals surface area contributed by atoms with Crippen LogP contribution in [0.1, 0.15) is 29.8 Å². The van der Waals surface area contributed by atoms with Gasteiger partial charge in [0.2, 0.25) is 5.91 Å². The highest BCUT2D eigenvalue weighted by molar-refractivity contribution is 7.14. The van der Waals surface area contributed by atoms with Crippen molar-refractivity contribution in [2.45, 2.75) is 39.7 Å². The molecule has 0 radical (unpaired) electrons. The first-order valence-corrected chi connectivity index (χ1v) is 9.52. The monoisotopic (exact) mass is 380 g/mol. The van der Waals surface area contributed by atoms with Crippen molar-refractivity contribution in [1.82, 2.24) is 19.7 Å². The molecule has 0 unspecified atom stereocenters. The number of anilines is 1. The lowest BCUT2D eigenvalue weighted by Gasteiger charge is -2.04. The summed E-state index contributed by atoms with van der Waals surface area (Å²) in [4.78, 5) is 20.8. The maximum Gasteiger partial charge on any atom is 0.226 e. The summed E-state index contributed by atoms with van der Waals surface area (Å²) < 4.78 is 1.84. The van der Waals surface area contributed by atoms with Gasteiger partial charge in [-0.05, 0) is 38.0 Å². The van der Waals surface area contributed by atoms with Crippen LogP contribution in [0.15, 0.2) is 29.9 Å². The van der Waals surface area contributed by atoms with E-state index in [2.05, 4.69) is 26.5 Å². The second kappa shape index (κ2) is 8.56. The van der Waals surface area contributed by atoms with Crippen molar-refractivity contribution >= 4 is 22.4 Å². The van der Waals surface area contributed by atoms with E-state index in [4.69, 9.17) is 5.26 Å². The number of hydrogen-bond donors (Lipinski definition) is 1. The second-order valence-corrected chi connectivity index (χ2v) is 6.97. The van der Waals surface area contributed by atoms with Gasteiger partial charge in [-0.3, -0.25) is 14.5 Å². The summed E-state index contributed by atoms with van der Waals surface area (Å²) in [5.41, 5.74) is 4.72. The SMILES string of the molecule is Cc1nn(CCC#N)c(C)c1CCC(=O)Nc1nc(-c2cccnc2)cs1. The van der Waals surface area contributed by atoms with Crippen LogP contribution in [0, 0.1) is 25.2 Å². The lowest BCUT2D eigenvalue weighted by Crippen LogP contribution is -2.12. The van der Waals surface area contributed by atoms with Crippen LogP contribution in [0.25, 0.3) is 11.3 Å². The molecule has 0 aliphatic carbocycles. The molecule has 0 spiro atoms. The highest BCUT2D eigenvalue weighted by atomic mass is 32.1. The van der Waals surface area contributed by atoms with Crippen molar-refractivity contribution in [3.8, 4) is 17.3 Å². The van der Waals surface area contributed by atoms with Crippen molar-refractivity contribution in [3.05, 3.63) is 46.9 Å². The highest BCUT2D eigenvalue weighted by Gasteiger charge is 2.14. The van der Waals surface area contributed by atoms with E-state index in [0.717, 1.165) is 28.2 Å². The molecule has 1 amide bonds. The number of aryl methyl sites for hydroxylation is 2. The predicted octanol–water partition coefficient (Wildman–Crippen LogP) is 3.50. The summed E-state index contributed by atoms with van der Waals surface area (Å²) in [7, 11) is 0. The zero-order valence-corrected chi connectivity index (χ0v) is 16.1. The molecular weight excluding hydrogens is 360 g/mol. The first kappa shape index (κ1) is 18.7. The maximum atomic E-state index is 12.3. The number of aromatic nitrogens is 4. The topological polar surface area (TPSA) is 96.5 Å². The molecule has 0 fully saturated rings. The largest absolute Gasteiger partial charge is 0.302 e. The number of rotatable bonds is 7. The van der Waals surface area contributed by atoms with Gasteiger partial charge in [-0.15, -0.1) is 11.3 Å². The molecule has 3 aromatic rings. The van der Waals surface area contributed by atoms with Gasteiger partial charge in [0.05, 0.1) is 30.4 Å². The van der Waals surface area contributed by atoms with E-state index in [-0.39, 0.29) is 5.91 Å². The number of thiazole rings is 1. The molecule has 138 valence electrons. The number of nitriles is 1. The van der Waals surface area contributed by atoms with Gasteiger partial charge >= 0.3 is 0 Å². The molecule has 0 aliphatic rings. The van der Waals surface area contributed by atoms with Crippen LogP contribution in [0.4, 0.5) is 5.13 Å².